The molecule has 0 saturated carbocycles. The fourth-order valence-corrected chi connectivity index (χ4v) is 3.85. The molecule has 1 aromatic heterocycles. The fraction of sp³-hybridized carbons (Fsp3) is 0.100. The second-order valence-corrected chi connectivity index (χ2v) is 7.24. The summed E-state index contributed by atoms with van der Waals surface area (Å²) in [4.78, 5) is 13.1. The second kappa shape index (κ2) is 8.75. The Balaban J connectivity index is 1.77. The SMILES string of the molecule is COC(=O)c1cc(Cc2ccccc2)sc1NC(=S)Nc1ccc(F)cc1. The van der Waals surface area contributed by atoms with Gasteiger partial charge in [-0.1, -0.05) is 30.3 Å². The molecule has 0 saturated heterocycles. The molecule has 138 valence electrons. The molecule has 0 unspecified atom stereocenters. The molecular formula is C20H17FN2O2S2. The number of nitrogens with one attached hydrogen (secondary N) is 2. The van der Waals surface area contributed by atoms with Crippen molar-refractivity contribution in [3.63, 3.8) is 0 Å². The normalized spacial score (nSPS) is 10.3. The third-order valence-electron chi connectivity index (χ3n) is 3.74. The van der Waals surface area contributed by atoms with Gasteiger partial charge in [-0.3, -0.25) is 0 Å². The van der Waals surface area contributed by atoms with Crippen LogP contribution in [0.5, 0.6) is 0 Å². The van der Waals surface area contributed by atoms with Crippen LogP contribution in [-0.4, -0.2) is 18.2 Å². The minimum Gasteiger partial charge on any atom is -0.465 e. The van der Waals surface area contributed by atoms with Crippen LogP contribution in [0, 0.1) is 5.82 Å². The zero-order chi connectivity index (χ0) is 19.2. The molecule has 0 aliphatic carbocycles. The molecule has 27 heavy (non-hydrogen) atoms. The molecule has 3 rings (SSSR count). The molecule has 0 fully saturated rings. The number of thiophene rings is 1. The number of methoxy groups -OCH3 is 1. The number of rotatable bonds is 5. The summed E-state index contributed by atoms with van der Waals surface area (Å²) in [5.74, 6) is -0.756. The Kier molecular flexibility index (Phi) is 6.16. The van der Waals surface area contributed by atoms with Gasteiger partial charge in [0.05, 0.1) is 12.7 Å². The van der Waals surface area contributed by atoms with E-state index in [9.17, 15) is 9.18 Å². The van der Waals surface area contributed by atoms with Crippen molar-refractivity contribution >= 4 is 45.3 Å². The number of carbonyl (C=O) groups is 1. The molecule has 0 bridgehead atoms. The highest BCUT2D eigenvalue weighted by atomic mass is 32.1. The van der Waals surface area contributed by atoms with E-state index >= 15 is 0 Å². The Morgan fingerprint density at radius 2 is 1.81 bits per heavy atom. The topological polar surface area (TPSA) is 50.4 Å². The van der Waals surface area contributed by atoms with Gasteiger partial charge in [0.15, 0.2) is 5.11 Å². The number of halogens is 1. The first-order chi connectivity index (χ1) is 13.0. The standard InChI is InChI=1S/C20H17FN2O2S2/c1-25-19(24)17-12-16(11-13-5-3-2-4-6-13)27-18(17)23-20(26)22-15-9-7-14(21)8-10-15/h2-10,12H,11H2,1H3,(H2,22,23,26). The van der Waals surface area contributed by atoms with Crippen molar-refractivity contribution in [3.05, 3.63) is 82.5 Å². The molecule has 0 radical (unpaired) electrons. The number of hydrogen-bond donors (Lipinski definition) is 2. The average molecular weight is 401 g/mol. The smallest absolute Gasteiger partial charge is 0.340 e. The molecule has 0 spiro atoms. The lowest BCUT2D eigenvalue weighted by Crippen LogP contribution is -2.19. The van der Waals surface area contributed by atoms with Crippen LogP contribution in [0.4, 0.5) is 15.1 Å². The molecule has 3 aromatic rings. The van der Waals surface area contributed by atoms with Gasteiger partial charge in [-0.15, -0.1) is 11.3 Å². The van der Waals surface area contributed by atoms with Crippen LogP contribution in [0.3, 0.4) is 0 Å². The second-order valence-electron chi connectivity index (χ2n) is 5.70. The van der Waals surface area contributed by atoms with Crippen LogP contribution in [0.1, 0.15) is 20.8 Å². The van der Waals surface area contributed by atoms with Gasteiger partial charge >= 0.3 is 5.97 Å². The van der Waals surface area contributed by atoms with Crippen molar-refractivity contribution in [2.75, 3.05) is 17.7 Å². The summed E-state index contributed by atoms with van der Waals surface area (Å²) in [7, 11) is 1.34. The van der Waals surface area contributed by atoms with Crippen molar-refractivity contribution in [1.82, 2.24) is 0 Å². The number of carbonyl (C=O) groups excluding carboxylic acids is 1. The summed E-state index contributed by atoms with van der Waals surface area (Å²) in [6.07, 6.45) is 0.704. The average Bonchev–Trinajstić information content (AvgIpc) is 3.05. The van der Waals surface area contributed by atoms with E-state index in [1.54, 1.807) is 12.1 Å². The lowest BCUT2D eigenvalue weighted by Gasteiger charge is -2.10. The lowest BCUT2D eigenvalue weighted by molar-refractivity contribution is 0.0602. The Bertz CT molecular complexity index is 940. The van der Waals surface area contributed by atoms with E-state index in [-0.39, 0.29) is 5.82 Å². The summed E-state index contributed by atoms with van der Waals surface area (Å²) in [6, 6.07) is 17.6. The van der Waals surface area contributed by atoms with Gasteiger partial charge in [-0.25, -0.2) is 9.18 Å². The molecule has 0 aliphatic heterocycles. The largest absolute Gasteiger partial charge is 0.465 e. The van der Waals surface area contributed by atoms with Gasteiger partial charge < -0.3 is 15.4 Å². The van der Waals surface area contributed by atoms with Crippen molar-refractivity contribution in [3.8, 4) is 0 Å². The van der Waals surface area contributed by atoms with Crippen LogP contribution in [-0.2, 0) is 11.2 Å². The number of anilines is 2. The van der Waals surface area contributed by atoms with E-state index in [2.05, 4.69) is 10.6 Å². The number of thiocarbonyl (C=S) groups is 1. The zero-order valence-corrected chi connectivity index (χ0v) is 16.1. The predicted molar refractivity (Wildman–Crippen MR) is 111 cm³/mol. The van der Waals surface area contributed by atoms with Crippen molar-refractivity contribution in [1.29, 1.82) is 0 Å². The van der Waals surface area contributed by atoms with Gasteiger partial charge in [-0.05, 0) is 48.1 Å². The van der Waals surface area contributed by atoms with E-state index < -0.39 is 5.97 Å². The van der Waals surface area contributed by atoms with Crippen LogP contribution < -0.4 is 10.6 Å². The highest BCUT2D eigenvalue weighted by Gasteiger charge is 2.18. The Morgan fingerprint density at radius 3 is 2.48 bits per heavy atom. The molecular weight excluding hydrogens is 383 g/mol. The maximum Gasteiger partial charge on any atom is 0.340 e. The van der Waals surface area contributed by atoms with Crippen LogP contribution in [0.2, 0.25) is 0 Å². The fourth-order valence-electron chi connectivity index (χ4n) is 2.48. The van der Waals surface area contributed by atoms with E-state index in [0.29, 0.717) is 27.8 Å². The Morgan fingerprint density at radius 1 is 1.11 bits per heavy atom. The number of ether oxygens (including phenoxy) is 1. The van der Waals surface area contributed by atoms with E-state index in [0.717, 1.165) is 10.4 Å². The summed E-state index contributed by atoms with van der Waals surface area (Å²) >= 11 is 6.75. The third-order valence-corrected chi connectivity index (χ3v) is 4.99. The van der Waals surface area contributed by atoms with Crippen molar-refractivity contribution < 1.29 is 13.9 Å². The highest BCUT2D eigenvalue weighted by Crippen LogP contribution is 2.30. The quantitative estimate of drug-likeness (QED) is 0.462. The first-order valence-electron chi connectivity index (χ1n) is 8.13. The van der Waals surface area contributed by atoms with Gasteiger partial charge in [0.1, 0.15) is 10.8 Å². The minimum absolute atomic E-state index is 0.305. The summed E-state index contributed by atoms with van der Waals surface area (Å²) in [5.41, 5.74) is 2.22. The van der Waals surface area contributed by atoms with Gasteiger partial charge in [0.25, 0.3) is 0 Å². The van der Waals surface area contributed by atoms with Crippen molar-refractivity contribution in [2.24, 2.45) is 0 Å². The van der Waals surface area contributed by atoms with Crippen molar-refractivity contribution in [2.45, 2.75) is 6.42 Å². The maximum atomic E-state index is 13.0. The molecule has 4 nitrogen and oxygen atoms in total. The summed E-state index contributed by atoms with van der Waals surface area (Å²) in [5, 5.41) is 6.92. The van der Waals surface area contributed by atoms with Crippen LogP contribution in [0.25, 0.3) is 0 Å². The third kappa shape index (κ3) is 5.12. The van der Waals surface area contributed by atoms with Gasteiger partial charge in [0.2, 0.25) is 0 Å². The molecule has 1 heterocycles. The minimum atomic E-state index is -0.433. The molecule has 2 aromatic carbocycles. The number of benzene rings is 2. The Hall–Kier alpha value is -2.77. The molecule has 2 N–H and O–H groups in total. The van der Waals surface area contributed by atoms with Gasteiger partial charge in [-0.2, -0.15) is 0 Å². The van der Waals surface area contributed by atoms with Gasteiger partial charge in [0, 0.05) is 17.0 Å². The zero-order valence-electron chi connectivity index (χ0n) is 14.5. The molecule has 0 atom stereocenters. The van der Waals surface area contributed by atoms with E-state index in [4.69, 9.17) is 17.0 Å². The number of hydrogen-bond acceptors (Lipinski definition) is 4. The number of esters is 1. The monoisotopic (exact) mass is 400 g/mol. The predicted octanol–water partition coefficient (Wildman–Crippen LogP) is 5.07. The Labute approximate surface area is 166 Å². The first-order valence-corrected chi connectivity index (χ1v) is 9.36. The lowest BCUT2D eigenvalue weighted by atomic mass is 10.1. The molecule has 0 aliphatic rings. The van der Waals surface area contributed by atoms with E-state index in [1.807, 2.05) is 36.4 Å². The van der Waals surface area contributed by atoms with Crippen LogP contribution >= 0.6 is 23.6 Å². The molecule has 7 heteroatoms. The van der Waals surface area contributed by atoms with E-state index in [1.165, 1.54) is 30.6 Å². The maximum absolute atomic E-state index is 13.0. The highest BCUT2D eigenvalue weighted by molar-refractivity contribution is 7.80. The van der Waals surface area contributed by atoms with Crippen LogP contribution in [0.15, 0.2) is 60.7 Å². The summed E-state index contributed by atoms with van der Waals surface area (Å²) in [6.45, 7) is 0. The first kappa shape index (κ1) is 19.0. The summed E-state index contributed by atoms with van der Waals surface area (Å²) < 4.78 is 17.9. The molecule has 0 amide bonds.